The highest BCUT2D eigenvalue weighted by molar-refractivity contribution is 5.79. The first-order valence-electron chi connectivity index (χ1n) is 11.7. The zero-order valence-corrected chi connectivity index (χ0v) is 17.6. The van der Waals surface area contributed by atoms with Crippen LogP contribution in [0.1, 0.15) is 36.8 Å². The number of carbonyl (C=O) groups excluding carboxylic acids is 1. The first-order chi connectivity index (χ1) is 14.3. The van der Waals surface area contributed by atoms with E-state index in [2.05, 4.69) is 34.1 Å². The van der Waals surface area contributed by atoms with Crippen LogP contribution in [-0.2, 0) is 22.4 Å². The predicted octanol–water partition coefficient (Wildman–Crippen LogP) is 2.19. The van der Waals surface area contributed by atoms with Crippen molar-refractivity contribution in [3.05, 3.63) is 35.4 Å². The minimum Gasteiger partial charge on any atom is -0.378 e. The highest BCUT2D eigenvalue weighted by atomic mass is 16.5. The third-order valence-corrected chi connectivity index (χ3v) is 7.69. The number of fused-ring (bicyclic) bond motifs is 1. The van der Waals surface area contributed by atoms with E-state index in [-0.39, 0.29) is 5.92 Å². The molecule has 29 heavy (non-hydrogen) atoms. The topological polar surface area (TPSA) is 36.0 Å². The lowest BCUT2D eigenvalue weighted by Crippen LogP contribution is -2.53. The van der Waals surface area contributed by atoms with Crippen molar-refractivity contribution < 1.29 is 9.53 Å². The molecule has 4 aliphatic rings. The predicted molar refractivity (Wildman–Crippen MR) is 114 cm³/mol. The second kappa shape index (κ2) is 8.75. The molecule has 0 spiro atoms. The number of hydrogen-bond acceptors (Lipinski definition) is 4. The number of amides is 1. The number of carbonyl (C=O) groups is 1. The fourth-order valence-electron chi connectivity index (χ4n) is 5.99. The number of piperidine rings is 2. The molecule has 1 amide bonds. The molecule has 158 valence electrons. The van der Waals surface area contributed by atoms with E-state index in [0.29, 0.717) is 31.2 Å². The van der Waals surface area contributed by atoms with Gasteiger partial charge < -0.3 is 9.64 Å². The van der Waals surface area contributed by atoms with Crippen LogP contribution in [0.4, 0.5) is 0 Å². The zero-order chi connectivity index (χ0) is 19.6. The number of rotatable bonds is 3. The maximum absolute atomic E-state index is 13.0. The maximum Gasteiger partial charge on any atom is 0.227 e. The van der Waals surface area contributed by atoms with Gasteiger partial charge in [-0.05, 0) is 69.3 Å². The van der Waals surface area contributed by atoms with Crippen LogP contribution in [-0.4, -0.2) is 85.2 Å². The highest BCUT2D eigenvalue weighted by Crippen LogP contribution is 2.30. The van der Waals surface area contributed by atoms with Crippen molar-refractivity contribution in [2.45, 2.75) is 50.6 Å². The van der Waals surface area contributed by atoms with Crippen LogP contribution >= 0.6 is 0 Å². The Balaban J connectivity index is 1.12. The molecule has 1 aromatic rings. The van der Waals surface area contributed by atoms with Crippen molar-refractivity contribution in [3.8, 4) is 0 Å². The van der Waals surface area contributed by atoms with E-state index in [1.54, 1.807) is 11.1 Å². The van der Waals surface area contributed by atoms with E-state index < -0.39 is 0 Å². The summed E-state index contributed by atoms with van der Waals surface area (Å²) in [7, 11) is 0. The van der Waals surface area contributed by atoms with E-state index in [1.807, 2.05) is 4.90 Å². The summed E-state index contributed by atoms with van der Waals surface area (Å²) in [5.41, 5.74) is 3.11. The van der Waals surface area contributed by atoms with Crippen LogP contribution in [0.25, 0.3) is 0 Å². The molecule has 0 radical (unpaired) electrons. The molecule has 5 heteroatoms. The Bertz CT molecular complexity index is 685. The average Bonchev–Trinajstić information content (AvgIpc) is 3.24. The largest absolute Gasteiger partial charge is 0.378 e. The molecule has 5 nitrogen and oxygen atoms in total. The van der Waals surface area contributed by atoms with Crippen LogP contribution in [0.5, 0.6) is 0 Å². The molecule has 1 unspecified atom stereocenters. The third-order valence-electron chi connectivity index (χ3n) is 7.69. The molecular weight excluding hydrogens is 362 g/mol. The van der Waals surface area contributed by atoms with E-state index in [1.165, 1.54) is 51.7 Å². The van der Waals surface area contributed by atoms with Gasteiger partial charge >= 0.3 is 0 Å². The molecule has 3 aliphatic heterocycles. The lowest BCUT2D eigenvalue weighted by molar-refractivity contribution is -0.142. The van der Waals surface area contributed by atoms with Crippen molar-refractivity contribution in [2.75, 3.05) is 52.5 Å². The van der Waals surface area contributed by atoms with E-state index in [9.17, 15) is 4.79 Å². The van der Waals surface area contributed by atoms with Gasteiger partial charge in [0, 0.05) is 31.7 Å². The van der Waals surface area contributed by atoms with Gasteiger partial charge in [-0.25, -0.2) is 0 Å². The Labute approximate surface area is 175 Å². The first kappa shape index (κ1) is 19.5. The average molecular weight is 398 g/mol. The summed E-state index contributed by atoms with van der Waals surface area (Å²) in [6, 6.07) is 10.3. The molecule has 0 N–H and O–H groups in total. The monoisotopic (exact) mass is 397 g/mol. The number of nitrogens with zero attached hydrogens (tertiary/aromatic N) is 3. The minimum atomic E-state index is 0.198. The Hall–Kier alpha value is -1.43. The quantitative estimate of drug-likeness (QED) is 0.783. The summed E-state index contributed by atoms with van der Waals surface area (Å²) in [5.74, 6) is 0.573. The van der Waals surface area contributed by atoms with Gasteiger partial charge in [-0.1, -0.05) is 24.3 Å². The van der Waals surface area contributed by atoms with Gasteiger partial charge in [-0.3, -0.25) is 14.6 Å². The van der Waals surface area contributed by atoms with Gasteiger partial charge in [0.25, 0.3) is 0 Å². The first-order valence-corrected chi connectivity index (χ1v) is 11.7. The summed E-state index contributed by atoms with van der Waals surface area (Å²) in [6.45, 7) is 7.51. The summed E-state index contributed by atoms with van der Waals surface area (Å²) in [6.07, 6.45) is 7.18. The van der Waals surface area contributed by atoms with Gasteiger partial charge in [0.2, 0.25) is 5.91 Å². The highest BCUT2D eigenvalue weighted by Gasteiger charge is 2.35. The molecule has 3 heterocycles. The van der Waals surface area contributed by atoms with Crippen molar-refractivity contribution in [1.82, 2.24) is 14.7 Å². The Kier molecular flexibility index (Phi) is 5.89. The number of likely N-dealkylation sites (tertiary alicyclic amines) is 2. The Morgan fingerprint density at radius 2 is 1.52 bits per heavy atom. The second-order valence-electron chi connectivity index (χ2n) is 9.37. The molecular formula is C24H35N3O2. The molecule has 3 saturated heterocycles. The van der Waals surface area contributed by atoms with Crippen molar-refractivity contribution in [3.63, 3.8) is 0 Å². The van der Waals surface area contributed by atoms with Gasteiger partial charge in [-0.15, -0.1) is 0 Å². The number of morpholine rings is 1. The summed E-state index contributed by atoms with van der Waals surface area (Å²) in [4.78, 5) is 20.4. The maximum atomic E-state index is 13.0. The van der Waals surface area contributed by atoms with Crippen molar-refractivity contribution in [1.29, 1.82) is 0 Å². The van der Waals surface area contributed by atoms with Gasteiger partial charge in [0.05, 0.1) is 19.1 Å². The Morgan fingerprint density at radius 1 is 0.828 bits per heavy atom. The molecule has 5 rings (SSSR count). The van der Waals surface area contributed by atoms with Crippen molar-refractivity contribution >= 4 is 5.91 Å². The molecule has 0 saturated carbocycles. The van der Waals surface area contributed by atoms with Gasteiger partial charge in [0.1, 0.15) is 0 Å². The fourth-order valence-corrected chi connectivity index (χ4v) is 5.99. The fraction of sp³-hybridized carbons (Fsp3) is 0.708. The molecule has 1 atom stereocenters. The van der Waals surface area contributed by atoms with Gasteiger partial charge in [-0.2, -0.15) is 0 Å². The van der Waals surface area contributed by atoms with Crippen LogP contribution < -0.4 is 0 Å². The SMILES string of the molecule is O=C(C1CCCN(C2CCN(C3Cc4ccccc4C3)CC2)C1)N1CCOCC1. The molecule has 0 bridgehead atoms. The van der Waals surface area contributed by atoms with E-state index in [4.69, 9.17) is 4.74 Å². The van der Waals surface area contributed by atoms with Crippen LogP contribution in [0.2, 0.25) is 0 Å². The van der Waals surface area contributed by atoms with E-state index in [0.717, 1.165) is 26.1 Å². The van der Waals surface area contributed by atoms with Crippen molar-refractivity contribution in [2.24, 2.45) is 5.92 Å². The molecule has 3 fully saturated rings. The second-order valence-corrected chi connectivity index (χ2v) is 9.37. The summed E-state index contributed by atoms with van der Waals surface area (Å²) in [5, 5.41) is 0. The standard InChI is InChI=1S/C24H35N3O2/c28-24(26-12-14-29-15-13-26)21-6-3-9-27(18-21)22-7-10-25(11-8-22)23-16-19-4-1-2-5-20(19)17-23/h1-2,4-5,21-23H,3,6-18H2. The molecule has 1 aliphatic carbocycles. The number of hydrogen-bond donors (Lipinski definition) is 0. The smallest absolute Gasteiger partial charge is 0.227 e. The summed E-state index contributed by atoms with van der Waals surface area (Å²) < 4.78 is 5.42. The van der Waals surface area contributed by atoms with E-state index >= 15 is 0 Å². The summed E-state index contributed by atoms with van der Waals surface area (Å²) >= 11 is 0. The lowest BCUT2D eigenvalue weighted by Gasteiger charge is -2.44. The Morgan fingerprint density at radius 3 is 2.21 bits per heavy atom. The third kappa shape index (κ3) is 4.23. The van der Waals surface area contributed by atoms with Crippen LogP contribution in [0.3, 0.4) is 0 Å². The minimum absolute atomic E-state index is 0.198. The lowest BCUT2D eigenvalue weighted by atomic mass is 9.92. The normalized spacial score (nSPS) is 27.9. The number of benzene rings is 1. The number of ether oxygens (including phenoxy) is 1. The van der Waals surface area contributed by atoms with Crippen LogP contribution in [0, 0.1) is 5.92 Å². The molecule has 0 aromatic heterocycles. The van der Waals surface area contributed by atoms with Gasteiger partial charge in [0.15, 0.2) is 0 Å². The van der Waals surface area contributed by atoms with Crippen LogP contribution in [0.15, 0.2) is 24.3 Å². The molecule has 1 aromatic carbocycles. The zero-order valence-electron chi connectivity index (χ0n) is 17.6.